The summed E-state index contributed by atoms with van der Waals surface area (Å²) in [6, 6.07) is 29.3. The van der Waals surface area contributed by atoms with Gasteiger partial charge in [0.15, 0.2) is 0 Å². The molecule has 0 spiro atoms. The van der Waals surface area contributed by atoms with E-state index in [9.17, 15) is 41.8 Å². The smallest absolute Gasteiger partial charge is 0.297 e. The zero-order valence-electron chi connectivity index (χ0n) is 41.3. The van der Waals surface area contributed by atoms with Crippen LogP contribution in [0.4, 0.5) is 35.2 Å². The van der Waals surface area contributed by atoms with Gasteiger partial charge in [-0.2, -0.15) is 46.7 Å². The van der Waals surface area contributed by atoms with E-state index in [1.54, 1.807) is 87.8 Å². The molecule has 0 fully saturated rings. The monoisotopic (exact) mass is 1030 g/mol. The SMILES string of the molecule is C/C=C/c1ccc(Nc2nc(Cc3ccccc3)nc(N(CC(C)O)CC(C)O)n2)cc1S(=O)(=O)OC.Cc1ccc(Cc2nc(Nc3ccccc3)nc(N(CC(C)O)CC(C)O)n2)cc1CS(=O)(=O)O. The summed E-state index contributed by atoms with van der Waals surface area (Å²) in [5.41, 5.74) is 4.68. The van der Waals surface area contributed by atoms with Crippen LogP contribution in [0, 0.1) is 6.92 Å². The Morgan fingerprint density at radius 3 is 1.57 bits per heavy atom. The maximum Gasteiger partial charge on any atom is 0.297 e. The van der Waals surface area contributed by atoms with E-state index in [2.05, 4.69) is 40.5 Å². The lowest BCUT2D eigenvalue weighted by Gasteiger charge is -2.26. The highest BCUT2D eigenvalue weighted by atomic mass is 32.2. The van der Waals surface area contributed by atoms with Crippen molar-refractivity contribution >= 4 is 61.5 Å². The Balaban J connectivity index is 0.000000268. The molecule has 20 nitrogen and oxygen atoms in total. The number of para-hydroxylation sites is 1. The van der Waals surface area contributed by atoms with Crippen LogP contribution in [0.2, 0.25) is 0 Å². The predicted molar refractivity (Wildman–Crippen MR) is 278 cm³/mol. The molecule has 0 aliphatic carbocycles. The highest BCUT2D eigenvalue weighted by Crippen LogP contribution is 2.27. The maximum absolute atomic E-state index is 12.5. The molecule has 0 saturated heterocycles. The van der Waals surface area contributed by atoms with Crippen molar-refractivity contribution in [2.45, 2.75) is 89.4 Å². The fourth-order valence-corrected chi connectivity index (χ4v) is 8.86. The van der Waals surface area contributed by atoms with Crippen LogP contribution in [0.5, 0.6) is 0 Å². The van der Waals surface area contributed by atoms with Crippen molar-refractivity contribution < 1.29 is 46.0 Å². The summed E-state index contributed by atoms with van der Waals surface area (Å²) >= 11 is 0. The van der Waals surface area contributed by atoms with Gasteiger partial charge in [-0.3, -0.25) is 8.74 Å². The molecule has 0 aliphatic rings. The van der Waals surface area contributed by atoms with Gasteiger partial charge in [0.2, 0.25) is 23.8 Å². The van der Waals surface area contributed by atoms with Gasteiger partial charge in [-0.15, -0.1) is 0 Å². The molecule has 4 unspecified atom stereocenters. The third kappa shape index (κ3) is 18.3. The summed E-state index contributed by atoms with van der Waals surface area (Å²) in [5.74, 6) is 1.46. The molecule has 0 radical (unpaired) electrons. The summed E-state index contributed by atoms with van der Waals surface area (Å²) in [5, 5.41) is 46.2. The van der Waals surface area contributed by atoms with Crippen molar-refractivity contribution in [3.8, 4) is 0 Å². The van der Waals surface area contributed by atoms with E-state index in [0.717, 1.165) is 29.5 Å². The zero-order valence-corrected chi connectivity index (χ0v) is 43.0. The molecule has 0 aliphatic heterocycles. The summed E-state index contributed by atoms with van der Waals surface area (Å²) in [7, 11) is -7.04. The zero-order chi connectivity index (χ0) is 52.6. The van der Waals surface area contributed by atoms with E-state index in [4.69, 9.17) is 4.18 Å². The molecule has 6 aromatic rings. The second-order valence-electron chi connectivity index (χ2n) is 17.3. The predicted octanol–water partition coefficient (Wildman–Crippen LogP) is 5.61. The summed E-state index contributed by atoms with van der Waals surface area (Å²) < 4.78 is 61.9. The topological polar surface area (TPSA) is 287 Å². The highest BCUT2D eigenvalue weighted by molar-refractivity contribution is 7.86. The molecule has 7 N–H and O–H groups in total. The van der Waals surface area contributed by atoms with Crippen LogP contribution in [0.25, 0.3) is 6.08 Å². The van der Waals surface area contributed by atoms with E-state index >= 15 is 0 Å². The summed E-state index contributed by atoms with van der Waals surface area (Å²) in [6.07, 6.45) is 1.37. The second-order valence-corrected chi connectivity index (χ2v) is 20.4. The van der Waals surface area contributed by atoms with Gasteiger partial charge in [0.25, 0.3) is 20.2 Å². The van der Waals surface area contributed by atoms with Crippen LogP contribution >= 0.6 is 0 Å². The van der Waals surface area contributed by atoms with Crippen LogP contribution in [0.15, 0.2) is 108 Å². The molecular formula is C50H64N10O10S2. The molecule has 2 heterocycles. The fourth-order valence-electron chi connectivity index (χ4n) is 7.28. The number of rotatable bonds is 23. The van der Waals surface area contributed by atoms with Gasteiger partial charge in [-0.1, -0.05) is 84.9 Å². The first kappa shape index (κ1) is 56.4. The van der Waals surface area contributed by atoms with Crippen molar-refractivity contribution in [3.05, 3.63) is 143 Å². The van der Waals surface area contributed by atoms with Crippen molar-refractivity contribution in [2.75, 3.05) is 53.7 Å². The van der Waals surface area contributed by atoms with Gasteiger partial charge in [-0.05, 0) is 93.6 Å². The van der Waals surface area contributed by atoms with Gasteiger partial charge >= 0.3 is 0 Å². The third-order valence-corrected chi connectivity index (χ3v) is 12.3. The number of aliphatic hydroxyl groups excluding tert-OH is 4. The Morgan fingerprint density at radius 1 is 0.611 bits per heavy atom. The Bertz CT molecular complexity index is 2930. The van der Waals surface area contributed by atoms with Gasteiger partial charge in [0.1, 0.15) is 22.3 Å². The molecule has 22 heteroatoms. The quantitative estimate of drug-likeness (QED) is 0.0303. The van der Waals surface area contributed by atoms with Crippen molar-refractivity contribution in [3.63, 3.8) is 0 Å². The van der Waals surface area contributed by atoms with Crippen LogP contribution in [-0.4, -0.2) is 129 Å². The molecular weight excluding hydrogens is 965 g/mol. The lowest BCUT2D eigenvalue weighted by Crippen LogP contribution is -2.38. The first-order chi connectivity index (χ1) is 34.1. The Morgan fingerprint density at radius 2 is 1.10 bits per heavy atom. The third-order valence-electron chi connectivity index (χ3n) is 10.3. The van der Waals surface area contributed by atoms with E-state index in [1.165, 1.54) is 6.07 Å². The number of hydrogen-bond acceptors (Lipinski definition) is 19. The average Bonchev–Trinajstić information content (AvgIpc) is 3.30. The molecule has 72 heavy (non-hydrogen) atoms. The van der Waals surface area contributed by atoms with E-state index in [-0.39, 0.29) is 49.4 Å². The number of aryl methyl sites for hydroxylation is 1. The molecule has 2 aromatic heterocycles. The second kappa shape index (κ2) is 26.3. The highest BCUT2D eigenvalue weighted by Gasteiger charge is 2.22. The van der Waals surface area contributed by atoms with Gasteiger partial charge < -0.3 is 40.9 Å². The fraction of sp³-hybridized carbons (Fsp3) is 0.360. The Kier molecular flexibility index (Phi) is 20.6. The van der Waals surface area contributed by atoms with Gasteiger partial charge in [-0.25, -0.2) is 0 Å². The average molecular weight is 1030 g/mol. The van der Waals surface area contributed by atoms with Crippen molar-refractivity contribution in [2.24, 2.45) is 0 Å². The number of aliphatic hydroxyl groups is 4. The number of benzene rings is 4. The molecule has 0 bridgehead atoms. The number of aromatic nitrogens is 6. The van der Waals surface area contributed by atoms with Gasteiger partial charge in [0.05, 0.1) is 31.5 Å². The normalized spacial score (nSPS) is 13.4. The molecule has 0 saturated carbocycles. The number of nitrogens with one attached hydrogen (secondary N) is 2. The largest absolute Gasteiger partial charge is 0.392 e. The van der Waals surface area contributed by atoms with E-state index in [0.29, 0.717) is 46.8 Å². The molecule has 4 atom stereocenters. The Labute approximate surface area is 421 Å². The number of anilines is 6. The molecule has 6 rings (SSSR count). The lowest BCUT2D eigenvalue weighted by molar-refractivity contribution is 0.176. The maximum atomic E-state index is 12.5. The number of nitrogens with zero attached hydrogens (tertiary/aromatic N) is 8. The first-order valence-corrected chi connectivity index (χ1v) is 26.1. The van der Waals surface area contributed by atoms with Crippen LogP contribution < -0.4 is 20.4 Å². The van der Waals surface area contributed by atoms with Crippen LogP contribution in [0.1, 0.15) is 74.1 Å². The van der Waals surface area contributed by atoms with E-state index < -0.39 is 50.4 Å². The minimum Gasteiger partial charge on any atom is -0.392 e. The molecule has 4 aromatic carbocycles. The standard InChI is InChI=1S/C26H33N5O5S.C24H31N5O5S/c1-5-9-21-12-13-22(15-23(21)37(34,35)36-4)27-25-28-24(14-20-10-7-6-8-11-20)29-26(30-25)31(16-18(2)32)17-19(3)33;1-16-9-10-19(11-20(16)15-35(32,33)34)12-22-26-23(25-21-7-5-4-6-8-21)28-24(27-22)29(13-17(2)30)14-18(3)31/h5-13,15,18-19,32-33H,14,16-17H2,1-4H3,(H,27,28,29,30);4-11,17-18,30-31H,12-15H2,1-3H3,(H,32,33,34)(H,25,26,27,28)/b9-5+;. The minimum atomic E-state index is -4.18. The van der Waals surface area contributed by atoms with E-state index in [1.807, 2.05) is 66.7 Å². The summed E-state index contributed by atoms with van der Waals surface area (Å²) in [6.45, 7) is 11.0. The van der Waals surface area contributed by atoms with Crippen molar-refractivity contribution in [1.82, 2.24) is 29.9 Å². The van der Waals surface area contributed by atoms with Crippen molar-refractivity contribution in [1.29, 1.82) is 0 Å². The van der Waals surface area contributed by atoms with Gasteiger partial charge in [0, 0.05) is 50.4 Å². The van der Waals surface area contributed by atoms with Crippen LogP contribution in [-0.2, 0) is 43.0 Å². The molecule has 386 valence electrons. The summed E-state index contributed by atoms with van der Waals surface area (Å²) in [4.78, 5) is 30.7. The number of allylic oxidation sites excluding steroid dienone is 1. The lowest BCUT2D eigenvalue weighted by atomic mass is 10.0. The first-order valence-electron chi connectivity index (χ1n) is 23.1. The number of hydrogen-bond donors (Lipinski definition) is 7. The van der Waals surface area contributed by atoms with Crippen LogP contribution in [0.3, 0.4) is 0 Å². The minimum absolute atomic E-state index is 0.00160. The molecule has 0 amide bonds. The Hall–Kier alpha value is -6.50.